The Labute approximate surface area is 159 Å². The highest BCUT2D eigenvalue weighted by Crippen LogP contribution is 2.33. The number of thiophene rings is 1. The van der Waals surface area contributed by atoms with E-state index in [0.717, 1.165) is 15.3 Å². The molecule has 0 aliphatic carbocycles. The highest BCUT2D eigenvalue weighted by atomic mass is 32.1. The molecule has 0 atom stereocenters. The molecule has 1 aromatic carbocycles. The predicted octanol–water partition coefficient (Wildman–Crippen LogP) is 2.86. The second-order valence-electron chi connectivity index (χ2n) is 6.29. The van der Waals surface area contributed by atoms with Gasteiger partial charge in [-0.05, 0) is 38.0 Å². The Morgan fingerprint density at radius 3 is 2.44 bits per heavy atom. The fourth-order valence-corrected chi connectivity index (χ4v) is 4.33. The summed E-state index contributed by atoms with van der Waals surface area (Å²) < 4.78 is 0. The van der Waals surface area contributed by atoms with Crippen molar-refractivity contribution in [2.24, 2.45) is 0 Å². The number of carboxylic acids is 1. The van der Waals surface area contributed by atoms with Crippen molar-refractivity contribution in [1.82, 2.24) is 4.90 Å². The summed E-state index contributed by atoms with van der Waals surface area (Å²) in [5.41, 5.74) is 2.11. The molecule has 0 radical (unpaired) electrons. The summed E-state index contributed by atoms with van der Waals surface area (Å²) in [5, 5.41) is 12.2. The van der Waals surface area contributed by atoms with Crippen LogP contribution in [0.15, 0.2) is 18.2 Å². The van der Waals surface area contributed by atoms with Crippen LogP contribution < -0.4 is 5.32 Å². The fraction of sp³-hybridized carbons (Fsp3) is 0.263. The number of amides is 3. The van der Waals surface area contributed by atoms with Gasteiger partial charge in [0.15, 0.2) is 0 Å². The Hall–Kier alpha value is -3.00. The normalized spacial score (nSPS) is 13.1. The van der Waals surface area contributed by atoms with E-state index >= 15 is 0 Å². The van der Waals surface area contributed by atoms with E-state index in [2.05, 4.69) is 5.32 Å². The van der Waals surface area contributed by atoms with E-state index in [0.29, 0.717) is 12.0 Å². The number of nitrogens with zero attached hydrogens (tertiary/aromatic N) is 1. The quantitative estimate of drug-likeness (QED) is 0.769. The summed E-state index contributed by atoms with van der Waals surface area (Å²) in [6.45, 7) is 4.97. The second kappa shape index (κ2) is 6.96. The molecule has 0 unspecified atom stereocenters. The minimum Gasteiger partial charge on any atom is -0.478 e. The summed E-state index contributed by atoms with van der Waals surface area (Å²) in [4.78, 5) is 50.5. The van der Waals surface area contributed by atoms with Crippen LogP contribution in [-0.4, -0.2) is 40.2 Å². The highest BCUT2D eigenvalue weighted by Gasteiger charge is 2.36. The zero-order valence-corrected chi connectivity index (χ0v) is 15.9. The number of carbonyl (C=O) groups is 4. The molecule has 3 rings (SSSR count). The van der Waals surface area contributed by atoms with Gasteiger partial charge < -0.3 is 10.4 Å². The van der Waals surface area contributed by atoms with E-state index in [9.17, 15) is 24.3 Å². The molecule has 0 fully saturated rings. The first-order valence-electron chi connectivity index (χ1n) is 8.36. The number of imide groups is 1. The van der Waals surface area contributed by atoms with Gasteiger partial charge in [-0.15, -0.1) is 11.3 Å². The number of hydrogen-bond donors (Lipinski definition) is 2. The number of carbonyl (C=O) groups excluding carboxylic acids is 3. The number of anilines is 1. The van der Waals surface area contributed by atoms with Gasteiger partial charge >= 0.3 is 5.97 Å². The SMILES string of the molecule is CCc1c(C)sc(NC(=O)CN2C(=O)c3ccc(C)cc3C2=O)c1C(=O)O. The Bertz CT molecular complexity index is 992. The lowest BCUT2D eigenvalue weighted by molar-refractivity contribution is -0.116. The van der Waals surface area contributed by atoms with Crippen LogP contribution in [0.25, 0.3) is 0 Å². The van der Waals surface area contributed by atoms with Crippen molar-refractivity contribution in [1.29, 1.82) is 0 Å². The lowest BCUT2D eigenvalue weighted by atomic mass is 10.1. The molecule has 140 valence electrons. The van der Waals surface area contributed by atoms with Crippen molar-refractivity contribution in [3.63, 3.8) is 0 Å². The lowest BCUT2D eigenvalue weighted by Gasteiger charge is -2.13. The van der Waals surface area contributed by atoms with E-state index in [4.69, 9.17) is 0 Å². The monoisotopic (exact) mass is 386 g/mol. The van der Waals surface area contributed by atoms with Gasteiger partial charge in [0.05, 0.1) is 16.7 Å². The number of rotatable bonds is 5. The van der Waals surface area contributed by atoms with Crippen LogP contribution in [0.3, 0.4) is 0 Å². The molecule has 7 nitrogen and oxygen atoms in total. The maximum absolute atomic E-state index is 12.5. The average Bonchev–Trinajstić information content (AvgIpc) is 3.03. The summed E-state index contributed by atoms with van der Waals surface area (Å²) in [6.07, 6.45) is 0.525. The number of nitrogens with one attached hydrogen (secondary N) is 1. The van der Waals surface area contributed by atoms with Crippen molar-refractivity contribution in [2.45, 2.75) is 27.2 Å². The van der Waals surface area contributed by atoms with Crippen molar-refractivity contribution < 1.29 is 24.3 Å². The maximum atomic E-state index is 12.5. The third-order valence-electron chi connectivity index (χ3n) is 4.46. The van der Waals surface area contributed by atoms with Crippen LogP contribution in [-0.2, 0) is 11.2 Å². The number of aromatic carboxylic acids is 1. The van der Waals surface area contributed by atoms with E-state index in [1.54, 1.807) is 25.1 Å². The zero-order chi connectivity index (χ0) is 19.9. The number of aryl methyl sites for hydroxylation is 2. The van der Waals surface area contributed by atoms with Gasteiger partial charge in [0, 0.05) is 4.88 Å². The Balaban J connectivity index is 1.81. The van der Waals surface area contributed by atoms with Gasteiger partial charge in [0.2, 0.25) is 5.91 Å². The Morgan fingerprint density at radius 1 is 1.15 bits per heavy atom. The Morgan fingerprint density at radius 2 is 1.81 bits per heavy atom. The van der Waals surface area contributed by atoms with E-state index in [-0.39, 0.29) is 21.7 Å². The molecule has 3 amide bonds. The first kappa shape index (κ1) is 18.8. The van der Waals surface area contributed by atoms with Crippen LogP contribution in [0.4, 0.5) is 5.00 Å². The minimum absolute atomic E-state index is 0.0614. The summed E-state index contributed by atoms with van der Waals surface area (Å²) in [5.74, 6) is -2.79. The summed E-state index contributed by atoms with van der Waals surface area (Å²) in [6, 6.07) is 4.92. The number of hydrogen-bond acceptors (Lipinski definition) is 5. The fourth-order valence-electron chi connectivity index (χ4n) is 3.18. The van der Waals surface area contributed by atoms with Crippen molar-refractivity contribution in [2.75, 3.05) is 11.9 Å². The number of benzene rings is 1. The first-order valence-corrected chi connectivity index (χ1v) is 9.18. The van der Waals surface area contributed by atoms with Crippen molar-refractivity contribution in [3.8, 4) is 0 Å². The zero-order valence-electron chi connectivity index (χ0n) is 15.1. The van der Waals surface area contributed by atoms with Gasteiger partial charge in [0.25, 0.3) is 11.8 Å². The van der Waals surface area contributed by atoms with E-state index in [1.165, 1.54) is 11.3 Å². The van der Waals surface area contributed by atoms with Crippen molar-refractivity contribution >= 4 is 40.0 Å². The van der Waals surface area contributed by atoms with E-state index in [1.807, 2.05) is 13.8 Å². The van der Waals surface area contributed by atoms with Gasteiger partial charge in [-0.2, -0.15) is 0 Å². The third-order valence-corrected chi connectivity index (χ3v) is 5.52. The molecule has 2 heterocycles. The molecule has 0 bridgehead atoms. The smallest absolute Gasteiger partial charge is 0.339 e. The lowest BCUT2D eigenvalue weighted by Crippen LogP contribution is -2.37. The van der Waals surface area contributed by atoms with Crippen LogP contribution in [0.5, 0.6) is 0 Å². The van der Waals surface area contributed by atoms with Gasteiger partial charge in [-0.1, -0.05) is 18.6 Å². The molecule has 8 heteroatoms. The molecular weight excluding hydrogens is 368 g/mol. The molecule has 2 aromatic rings. The van der Waals surface area contributed by atoms with E-state index < -0.39 is 30.2 Å². The number of carboxylic acid groups (broad SMARTS) is 1. The summed E-state index contributed by atoms with van der Waals surface area (Å²) in [7, 11) is 0. The third kappa shape index (κ3) is 3.23. The highest BCUT2D eigenvalue weighted by molar-refractivity contribution is 7.16. The van der Waals surface area contributed by atoms with Crippen LogP contribution in [0, 0.1) is 13.8 Å². The topological polar surface area (TPSA) is 104 Å². The summed E-state index contributed by atoms with van der Waals surface area (Å²) >= 11 is 1.17. The largest absolute Gasteiger partial charge is 0.478 e. The van der Waals surface area contributed by atoms with Crippen LogP contribution in [0.2, 0.25) is 0 Å². The molecule has 2 N–H and O–H groups in total. The second-order valence-corrected chi connectivity index (χ2v) is 7.52. The molecule has 27 heavy (non-hydrogen) atoms. The molecule has 1 aliphatic rings. The maximum Gasteiger partial charge on any atom is 0.339 e. The molecule has 1 aliphatic heterocycles. The molecule has 0 spiro atoms. The van der Waals surface area contributed by atoms with Gasteiger partial charge in [-0.3, -0.25) is 19.3 Å². The number of fused-ring (bicyclic) bond motifs is 1. The van der Waals surface area contributed by atoms with Gasteiger partial charge in [0.1, 0.15) is 11.5 Å². The predicted molar refractivity (Wildman–Crippen MR) is 101 cm³/mol. The molecular formula is C19H18N2O5S. The van der Waals surface area contributed by atoms with Crippen LogP contribution >= 0.6 is 11.3 Å². The van der Waals surface area contributed by atoms with Gasteiger partial charge in [-0.25, -0.2) is 4.79 Å². The standard InChI is InChI=1S/C19H18N2O5S/c1-4-11-10(3)27-16(15(11)19(25)26)20-14(22)8-21-17(23)12-6-5-9(2)7-13(12)18(21)24/h5-7H,4,8H2,1-3H3,(H,20,22)(H,25,26). The molecule has 0 saturated heterocycles. The molecule has 0 saturated carbocycles. The Kier molecular flexibility index (Phi) is 4.84. The van der Waals surface area contributed by atoms with Crippen molar-refractivity contribution in [3.05, 3.63) is 50.9 Å². The molecule has 1 aromatic heterocycles. The van der Waals surface area contributed by atoms with Crippen LogP contribution in [0.1, 0.15) is 54.0 Å². The average molecular weight is 386 g/mol. The minimum atomic E-state index is -1.12. The first-order chi connectivity index (χ1) is 12.7.